The number of nitrogens with one attached hydrogen (secondary N) is 1. The molecule has 0 spiro atoms. The van der Waals surface area contributed by atoms with Crippen LogP contribution >= 0.6 is 0 Å². The van der Waals surface area contributed by atoms with E-state index in [1.165, 1.54) is 4.90 Å². The molecule has 1 fully saturated rings. The van der Waals surface area contributed by atoms with E-state index in [1.807, 2.05) is 38.1 Å². The van der Waals surface area contributed by atoms with Crippen LogP contribution in [0.5, 0.6) is 0 Å². The van der Waals surface area contributed by atoms with Crippen molar-refractivity contribution >= 4 is 29.1 Å². The number of carbonyl (C=O) groups is 3. The number of anilines is 2. The van der Waals surface area contributed by atoms with Crippen molar-refractivity contribution in [2.75, 3.05) is 63.2 Å². The number of rotatable bonds is 10. The van der Waals surface area contributed by atoms with Crippen molar-refractivity contribution in [2.45, 2.75) is 33.1 Å². The molecule has 2 rings (SSSR count). The first-order chi connectivity index (χ1) is 14.4. The maximum Gasteiger partial charge on any atom is 0.243 e. The molecule has 30 heavy (non-hydrogen) atoms. The predicted octanol–water partition coefficient (Wildman–Crippen LogP) is 1.96. The van der Waals surface area contributed by atoms with Crippen LogP contribution in [0.3, 0.4) is 0 Å². The Kier molecular flexibility index (Phi) is 9.60. The second-order valence-electron chi connectivity index (χ2n) is 7.36. The van der Waals surface area contributed by atoms with E-state index in [-0.39, 0.29) is 30.7 Å². The SMILES string of the molecule is CCN(CC)C(=O)CCCC(=O)N(C)CC(=O)Nc1ccc(N2CCOCC2)cc1. The van der Waals surface area contributed by atoms with Crippen molar-refractivity contribution in [1.29, 1.82) is 0 Å². The van der Waals surface area contributed by atoms with E-state index >= 15 is 0 Å². The van der Waals surface area contributed by atoms with Crippen LogP contribution in [0.25, 0.3) is 0 Å². The summed E-state index contributed by atoms with van der Waals surface area (Å²) in [5.74, 6) is -0.321. The molecule has 0 aromatic heterocycles. The quantitative estimate of drug-likeness (QED) is 0.628. The molecule has 3 amide bonds. The number of morpholine rings is 1. The first-order valence-electron chi connectivity index (χ1n) is 10.7. The molecule has 0 radical (unpaired) electrons. The third kappa shape index (κ3) is 7.33. The van der Waals surface area contributed by atoms with Crippen molar-refractivity contribution < 1.29 is 19.1 Å². The maximum atomic E-state index is 12.3. The summed E-state index contributed by atoms with van der Waals surface area (Å²) < 4.78 is 5.36. The molecule has 1 aliphatic heterocycles. The van der Waals surface area contributed by atoms with Crippen molar-refractivity contribution in [2.24, 2.45) is 0 Å². The van der Waals surface area contributed by atoms with Crippen LogP contribution in [0.1, 0.15) is 33.1 Å². The number of hydrogen-bond acceptors (Lipinski definition) is 5. The van der Waals surface area contributed by atoms with E-state index in [9.17, 15) is 14.4 Å². The largest absolute Gasteiger partial charge is 0.378 e. The topological polar surface area (TPSA) is 82.2 Å². The van der Waals surface area contributed by atoms with Crippen molar-refractivity contribution in [3.8, 4) is 0 Å². The Morgan fingerprint density at radius 2 is 1.60 bits per heavy atom. The summed E-state index contributed by atoms with van der Waals surface area (Å²) in [4.78, 5) is 41.9. The highest BCUT2D eigenvalue weighted by molar-refractivity contribution is 5.94. The Morgan fingerprint density at radius 3 is 2.20 bits per heavy atom. The first kappa shape index (κ1) is 23.7. The van der Waals surface area contributed by atoms with Crippen LogP contribution in [0, 0.1) is 0 Å². The highest BCUT2D eigenvalue weighted by Crippen LogP contribution is 2.19. The average Bonchev–Trinajstić information content (AvgIpc) is 2.75. The van der Waals surface area contributed by atoms with E-state index in [1.54, 1.807) is 11.9 Å². The minimum atomic E-state index is -0.246. The van der Waals surface area contributed by atoms with Crippen molar-refractivity contribution in [1.82, 2.24) is 9.80 Å². The number of likely N-dealkylation sites (N-methyl/N-ethyl adjacent to an activating group) is 1. The monoisotopic (exact) mass is 418 g/mol. The molecule has 1 N–H and O–H groups in total. The van der Waals surface area contributed by atoms with Gasteiger partial charge in [-0.05, 0) is 44.5 Å². The Morgan fingerprint density at radius 1 is 1.00 bits per heavy atom. The van der Waals surface area contributed by atoms with Gasteiger partial charge in [0.2, 0.25) is 17.7 Å². The second-order valence-corrected chi connectivity index (χ2v) is 7.36. The Labute approximate surface area is 179 Å². The number of carbonyl (C=O) groups excluding carboxylic acids is 3. The number of hydrogen-bond donors (Lipinski definition) is 1. The molecule has 1 aromatic rings. The number of ether oxygens (including phenoxy) is 1. The summed E-state index contributed by atoms with van der Waals surface area (Å²) in [6.45, 7) is 8.38. The van der Waals surface area contributed by atoms with Crippen LogP contribution in [-0.4, -0.2) is 80.5 Å². The summed E-state index contributed by atoms with van der Waals surface area (Å²) in [5, 5.41) is 2.83. The molecular formula is C22H34N4O4. The van der Waals surface area contributed by atoms with Gasteiger partial charge in [-0.25, -0.2) is 0 Å². The third-order valence-electron chi connectivity index (χ3n) is 5.23. The molecule has 1 heterocycles. The lowest BCUT2D eigenvalue weighted by Gasteiger charge is -2.28. The predicted molar refractivity (Wildman–Crippen MR) is 118 cm³/mol. The molecule has 1 saturated heterocycles. The summed E-state index contributed by atoms with van der Waals surface area (Å²) in [6, 6.07) is 7.68. The van der Waals surface area contributed by atoms with Gasteiger partial charge >= 0.3 is 0 Å². The zero-order valence-corrected chi connectivity index (χ0v) is 18.4. The van der Waals surface area contributed by atoms with E-state index in [0.29, 0.717) is 31.6 Å². The lowest BCUT2D eigenvalue weighted by Crippen LogP contribution is -2.36. The second kappa shape index (κ2) is 12.2. The molecule has 0 aliphatic carbocycles. The highest BCUT2D eigenvalue weighted by atomic mass is 16.5. The molecule has 0 bridgehead atoms. The van der Waals surface area contributed by atoms with Gasteiger partial charge in [0.05, 0.1) is 19.8 Å². The fraction of sp³-hybridized carbons (Fsp3) is 0.591. The van der Waals surface area contributed by atoms with E-state index in [2.05, 4.69) is 10.2 Å². The standard InChI is InChI=1S/C22H34N4O4/c1-4-25(5-2)22(29)8-6-7-21(28)24(3)17-20(27)23-18-9-11-19(12-10-18)26-13-15-30-16-14-26/h9-12H,4-8,13-17H2,1-3H3,(H,23,27). The number of nitrogens with zero attached hydrogens (tertiary/aromatic N) is 3. The lowest BCUT2D eigenvalue weighted by atomic mass is 10.2. The van der Waals surface area contributed by atoms with Gasteiger partial charge in [0, 0.05) is 57.4 Å². The summed E-state index contributed by atoms with van der Waals surface area (Å²) in [5.41, 5.74) is 1.80. The van der Waals surface area contributed by atoms with Crippen LogP contribution in [0.15, 0.2) is 24.3 Å². The minimum absolute atomic E-state index is 0.0198. The molecule has 1 aliphatic rings. The van der Waals surface area contributed by atoms with Gasteiger partial charge in [0.25, 0.3) is 0 Å². The Hall–Kier alpha value is -2.61. The van der Waals surface area contributed by atoms with Gasteiger partial charge in [0.1, 0.15) is 0 Å². The Bertz CT molecular complexity index is 698. The molecule has 1 aromatic carbocycles. The highest BCUT2D eigenvalue weighted by Gasteiger charge is 2.16. The fourth-order valence-electron chi connectivity index (χ4n) is 3.40. The summed E-state index contributed by atoms with van der Waals surface area (Å²) in [7, 11) is 1.61. The van der Waals surface area contributed by atoms with E-state index in [0.717, 1.165) is 32.0 Å². The smallest absolute Gasteiger partial charge is 0.243 e. The van der Waals surface area contributed by atoms with Crippen LogP contribution in [0.2, 0.25) is 0 Å². The molecule has 0 saturated carbocycles. The van der Waals surface area contributed by atoms with Crippen LogP contribution < -0.4 is 10.2 Å². The fourth-order valence-corrected chi connectivity index (χ4v) is 3.40. The molecule has 166 valence electrons. The molecule has 8 nitrogen and oxygen atoms in total. The molecule has 0 unspecified atom stereocenters. The zero-order valence-electron chi connectivity index (χ0n) is 18.4. The molecular weight excluding hydrogens is 384 g/mol. The Balaban J connectivity index is 1.73. The number of amides is 3. The van der Waals surface area contributed by atoms with Gasteiger partial charge in [-0.2, -0.15) is 0 Å². The van der Waals surface area contributed by atoms with E-state index < -0.39 is 0 Å². The van der Waals surface area contributed by atoms with Crippen molar-refractivity contribution in [3.63, 3.8) is 0 Å². The summed E-state index contributed by atoms with van der Waals surface area (Å²) in [6.07, 6.45) is 1.09. The van der Waals surface area contributed by atoms with Gasteiger partial charge < -0.3 is 24.8 Å². The average molecular weight is 419 g/mol. The maximum absolute atomic E-state index is 12.3. The van der Waals surface area contributed by atoms with Crippen LogP contribution in [0.4, 0.5) is 11.4 Å². The van der Waals surface area contributed by atoms with Gasteiger partial charge in [0.15, 0.2) is 0 Å². The zero-order chi connectivity index (χ0) is 21.9. The minimum Gasteiger partial charge on any atom is -0.378 e. The molecule has 0 atom stereocenters. The van der Waals surface area contributed by atoms with Gasteiger partial charge in [-0.3, -0.25) is 14.4 Å². The van der Waals surface area contributed by atoms with Crippen LogP contribution in [-0.2, 0) is 19.1 Å². The van der Waals surface area contributed by atoms with Gasteiger partial charge in [-0.15, -0.1) is 0 Å². The molecule has 8 heteroatoms. The lowest BCUT2D eigenvalue weighted by molar-refractivity contribution is -0.134. The summed E-state index contributed by atoms with van der Waals surface area (Å²) >= 11 is 0. The normalized spacial score (nSPS) is 13.6. The number of benzene rings is 1. The van der Waals surface area contributed by atoms with Crippen molar-refractivity contribution in [3.05, 3.63) is 24.3 Å². The third-order valence-corrected chi connectivity index (χ3v) is 5.23. The first-order valence-corrected chi connectivity index (χ1v) is 10.7. The van der Waals surface area contributed by atoms with Gasteiger partial charge in [-0.1, -0.05) is 0 Å². The van der Waals surface area contributed by atoms with E-state index in [4.69, 9.17) is 4.74 Å².